The zero-order valence-electron chi connectivity index (χ0n) is 9.47. The summed E-state index contributed by atoms with van der Waals surface area (Å²) in [6.07, 6.45) is 0.221. The number of aliphatic imine (C=N–C) groups is 1. The number of ether oxygens (including phenoxy) is 1. The summed E-state index contributed by atoms with van der Waals surface area (Å²) in [4.78, 5) is 6.44. The molecule has 86 valence electrons. The van der Waals surface area contributed by atoms with Crippen LogP contribution in [0.1, 0.15) is 6.92 Å². The fraction of sp³-hybridized carbons (Fsp3) is 0.417. The van der Waals surface area contributed by atoms with Gasteiger partial charge in [-0.05, 0) is 19.1 Å². The van der Waals surface area contributed by atoms with Gasteiger partial charge in [-0.25, -0.2) is 4.99 Å². The number of para-hydroxylation sites is 1. The van der Waals surface area contributed by atoms with Crippen LogP contribution in [0.15, 0.2) is 35.3 Å². The highest BCUT2D eigenvalue weighted by Gasteiger charge is 2.17. The Hall–Kier alpha value is -1.55. The molecular formula is C12H17N3O. The molecule has 1 aromatic rings. The van der Waals surface area contributed by atoms with Crippen LogP contribution >= 0.6 is 0 Å². The van der Waals surface area contributed by atoms with Crippen molar-refractivity contribution in [1.82, 2.24) is 4.90 Å². The predicted molar refractivity (Wildman–Crippen MR) is 64.7 cm³/mol. The van der Waals surface area contributed by atoms with Gasteiger partial charge in [0.05, 0.1) is 18.4 Å². The Labute approximate surface area is 95.7 Å². The number of nitrogens with zero attached hydrogens (tertiary/aromatic N) is 2. The summed E-state index contributed by atoms with van der Waals surface area (Å²) >= 11 is 0. The normalized spacial score (nSPS) is 22.2. The van der Waals surface area contributed by atoms with E-state index >= 15 is 0 Å². The summed E-state index contributed by atoms with van der Waals surface area (Å²) in [6.45, 7) is 4.38. The summed E-state index contributed by atoms with van der Waals surface area (Å²) in [5, 5.41) is 0. The van der Waals surface area contributed by atoms with E-state index in [-0.39, 0.29) is 6.10 Å². The van der Waals surface area contributed by atoms with Crippen LogP contribution in [0.5, 0.6) is 0 Å². The molecule has 1 aliphatic rings. The second-order valence-electron chi connectivity index (χ2n) is 3.93. The summed E-state index contributed by atoms with van der Waals surface area (Å²) in [5.74, 6) is 0.571. The highest BCUT2D eigenvalue weighted by molar-refractivity contribution is 5.81. The Bertz CT molecular complexity index is 364. The topological polar surface area (TPSA) is 50.8 Å². The van der Waals surface area contributed by atoms with Gasteiger partial charge < -0.3 is 15.4 Å². The van der Waals surface area contributed by atoms with Crippen LogP contribution < -0.4 is 5.73 Å². The molecule has 0 aliphatic carbocycles. The van der Waals surface area contributed by atoms with Gasteiger partial charge in [0, 0.05) is 13.1 Å². The molecule has 1 aliphatic heterocycles. The van der Waals surface area contributed by atoms with Crippen LogP contribution in [-0.2, 0) is 4.74 Å². The van der Waals surface area contributed by atoms with Crippen molar-refractivity contribution in [2.24, 2.45) is 10.7 Å². The summed E-state index contributed by atoms with van der Waals surface area (Å²) in [7, 11) is 0. The molecule has 1 saturated heterocycles. The smallest absolute Gasteiger partial charge is 0.196 e. The number of nitrogens with two attached hydrogens (primary N) is 1. The van der Waals surface area contributed by atoms with Crippen molar-refractivity contribution < 1.29 is 4.74 Å². The zero-order chi connectivity index (χ0) is 11.4. The summed E-state index contributed by atoms with van der Waals surface area (Å²) in [5.41, 5.74) is 6.85. The van der Waals surface area contributed by atoms with Gasteiger partial charge in [0.25, 0.3) is 0 Å². The second-order valence-corrected chi connectivity index (χ2v) is 3.93. The molecular weight excluding hydrogens is 202 g/mol. The van der Waals surface area contributed by atoms with E-state index < -0.39 is 0 Å². The van der Waals surface area contributed by atoms with E-state index in [0.29, 0.717) is 12.6 Å². The molecule has 0 radical (unpaired) electrons. The first-order valence-corrected chi connectivity index (χ1v) is 5.51. The standard InChI is InChI=1S/C12H17N3O/c1-10-9-15(7-8-16-10)12(13)14-11-5-3-2-4-6-11/h2-6,10H,7-9H2,1H3,(H2,13,14). The number of hydrogen-bond acceptors (Lipinski definition) is 2. The minimum Gasteiger partial charge on any atom is -0.375 e. The molecule has 16 heavy (non-hydrogen) atoms. The maximum absolute atomic E-state index is 5.96. The lowest BCUT2D eigenvalue weighted by molar-refractivity contribution is 0.00540. The average molecular weight is 219 g/mol. The molecule has 1 fully saturated rings. The quantitative estimate of drug-likeness (QED) is 0.573. The van der Waals surface area contributed by atoms with E-state index in [1.54, 1.807) is 0 Å². The van der Waals surface area contributed by atoms with E-state index in [4.69, 9.17) is 10.5 Å². The molecule has 2 rings (SSSR count). The summed E-state index contributed by atoms with van der Waals surface area (Å²) < 4.78 is 5.46. The van der Waals surface area contributed by atoms with Crippen LogP contribution in [0.2, 0.25) is 0 Å². The SMILES string of the molecule is CC1CN(C(N)=Nc2ccccc2)CCO1. The van der Waals surface area contributed by atoms with Gasteiger partial charge in [-0.2, -0.15) is 0 Å². The van der Waals surface area contributed by atoms with E-state index in [2.05, 4.69) is 9.89 Å². The molecule has 0 bridgehead atoms. The number of hydrogen-bond donors (Lipinski definition) is 1. The lowest BCUT2D eigenvalue weighted by Crippen LogP contribution is -2.47. The van der Waals surface area contributed by atoms with Crippen molar-refractivity contribution in [2.75, 3.05) is 19.7 Å². The molecule has 1 aromatic carbocycles. The van der Waals surface area contributed by atoms with Gasteiger partial charge in [-0.1, -0.05) is 18.2 Å². The fourth-order valence-corrected chi connectivity index (χ4v) is 1.73. The molecule has 1 atom stereocenters. The van der Waals surface area contributed by atoms with Crippen LogP contribution in [-0.4, -0.2) is 36.7 Å². The second kappa shape index (κ2) is 4.99. The fourth-order valence-electron chi connectivity index (χ4n) is 1.73. The Morgan fingerprint density at radius 2 is 2.19 bits per heavy atom. The maximum Gasteiger partial charge on any atom is 0.196 e. The maximum atomic E-state index is 5.96. The first kappa shape index (κ1) is 11.0. The third-order valence-corrected chi connectivity index (χ3v) is 2.56. The summed E-state index contributed by atoms with van der Waals surface area (Å²) in [6, 6.07) is 9.75. The Morgan fingerprint density at radius 3 is 2.88 bits per heavy atom. The molecule has 4 nitrogen and oxygen atoms in total. The van der Waals surface area contributed by atoms with Crippen molar-refractivity contribution in [2.45, 2.75) is 13.0 Å². The van der Waals surface area contributed by atoms with Gasteiger partial charge >= 0.3 is 0 Å². The van der Waals surface area contributed by atoms with Crippen LogP contribution in [0.25, 0.3) is 0 Å². The molecule has 1 unspecified atom stereocenters. The van der Waals surface area contributed by atoms with Crippen LogP contribution in [0, 0.1) is 0 Å². The number of benzene rings is 1. The van der Waals surface area contributed by atoms with Crippen molar-refractivity contribution in [3.63, 3.8) is 0 Å². The monoisotopic (exact) mass is 219 g/mol. The number of guanidine groups is 1. The zero-order valence-corrected chi connectivity index (χ0v) is 9.47. The van der Waals surface area contributed by atoms with Crippen molar-refractivity contribution >= 4 is 11.6 Å². The van der Waals surface area contributed by atoms with Gasteiger partial charge in [0.1, 0.15) is 0 Å². The minimum atomic E-state index is 0.221. The van der Waals surface area contributed by atoms with Crippen molar-refractivity contribution in [1.29, 1.82) is 0 Å². The van der Waals surface area contributed by atoms with E-state index in [1.165, 1.54) is 0 Å². The lowest BCUT2D eigenvalue weighted by atomic mass is 10.3. The average Bonchev–Trinajstić information content (AvgIpc) is 2.30. The molecule has 1 heterocycles. The Kier molecular flexibility index (Phi) is 3.41. The third kappa shape index (κ3) is 2.73. The molecule has 0 amide bonds. The first-order valence-electron chi connectivity index (χ1n) is 5.51. The van der Waals surface area contributed by atoms with Crippen LogP contribution in [0.3, 0.4) is 0 Å². The van der Waals surface area contributed by atoms with Crippen molar-refractivity contribution in [3.05, 3.63) is 30.3 Å². The van der Waals surface area contributed by atoms with Gasteiger partial charge in [0.15, 0.2) is 5.96 Å². The number of rotatable bonds is 1. The third-order valence-electron chi connectivity index (χ3n) is 2.56. The highest BCUT2D eigenvalue weighted by atomic mass is 16.5. The predicted octanol–water partition coefficient (Wildman–Crippen LogP) is 1.35. The van der Waals surface area contributed by atoms with E-state index in [1.807, 2.05) is 37.3 Å². The van der Waals surface area contributed by atoms with Gasteiger partial charge in [-0.15, -0.1) is 0 Å². The van der Waals surface area contributed by atoms with Gasteiger partial charge in [0.2, 0.25) is 0 Å². The molecule has 0 aromatic heterocycles. The first-order chi connectivity index (χ1) is 7.75. The number of morpholine rings is 1. The molecule has 4 heteroatoms. The largest absolute Gasteiger partial charge is 0.375 e. The molecule has 0 saturated carbocycles. The van der Waals surface area contributed by atoms with E-state index in [0.717, 1.165) is 18.8 Å². The van der Waals surface area contributed by atoms with Crippen LogP contribution in [0.4, 0.5) is 5.69 Å². The molecule has 2 N–H and O–H groups in total. The van der Waals surface area contributed by atoms with Gasteiger partial charge in [-0.3, -0.25) is 0 Å². The Balaban J connectivity index is 2.06. The van der Waals surface area contributed by atoms with E-state index in [9.17, 15) is 0 Å². The lowest BCUT2D eigenvalue weighted by Gasteiger charge is -2.31. The van der Waals surface area contributed by atoms with Crippen molar-refractivity contribution in [3.8, 4) is 0 Å². The highest BCUT2D eigenvalue weighted by Crippen LogP contribution is 2.11. The minimum absolute atomic E-state index is 0.221. The Morgan fingerprint density at radius 1 is 1.44 bits per heavy atom. The molecule has 0 spiro atoms.